The fraction of sp³-hybridized carbons (Fsp3) is 0.308. The molecule has 96 valence electrons. The predicted octanol–water partition coefficient (Wildman–Crippen LogP) is 2.40. The molecule has 2 aromatic rings. The van der Waals surface area contributed by atoms with Gasteiger partial charge >= 0.3 is 0 Å². The quantitative estimate of drug-likeness (QED) is 0.870. The maximum atomic E-state index is 11.0. The Morgan fingerprint density at radius 1 is 1.33 bits per heavy atom. The van der Waals surface area contributed by atoms with Gasteiger partial charge in [0, 0.05) is 47.4 Å². The van der Waals surface area contributed by atoms with Crippen molar-refractivity contribution in [3.8, 4) is 0 Å². The van der Waals surface area contributed by atoms with Gasteiger partial charge in [-0.3, -0.25) is 4.21 Å². The van der Waals surface area contributed by atoms with Gasteiger partial charge < -0.3 is 9.88 Å². The van der Waals surface area contributed by atoms with Gasteiger partial charge in [0.05, 0.1) is 0 Å². The summed E-state index contributed by atoms with van der Waals surface area (Å²) >= 11 is 0. The molecule has 4 nitrogen and oxygen atoms in total. The van der Waals surface area contributed by atoms with Gasteiger partial charge in [0.2, 0.25) is 5.95 Å². The van der Waals surface area contributed by atoms with Gasteiger partial charge in [0.1, 0.15) is 0 Å². The predicted molar refractivity (Wildman–Crippen MR) is 75.5 cm³/mol. The Balaban J connectivity index is 1.97. The van der Waals surface area contributed by atoms with Crippen LogP contribution >= 0.6 is 0 Å². The number of para-hydroxylation sites is 1. The molecule has 1 N–H and O–H groups in total. The minimum absolute atomic E-state index is 0.725. The van der Waals surface area contributed by atoms with Crippen LogP contribution in [-0.2, 0) is 17.3 Å². The van der Waals surface area contributed by atoms with Gasteiger partial charge in [-0.1, -0.05) is 18.2 Å². The molecular weight excluding hydrogens is 246 g/mol. The third-order valence-corrected chi connectivity index (χ3v) is 3.44. The molecule has 1 aromatic heterocycles. The molecule has 2 rings (SSSR count). The van der Waals surface area contributed by atoms with E-state index in [0.717, 1.165) is 30.4 Å². The fourth-order valence-corrected chi connectivity index (χ4v) is 2.24. The van der Waals surface area contributed by atoms with E-state index in [0.29, 0.717) is 0 Å². The SMILES string of the molecule is CS(=O)CCCn1ccnc1Nc1ccccc1. The van der Waals surface area contributed by atoms with Crippen molar-refractivity contribution in [3.05, 3.63) is 42.7 Å². The van der Waals surface area contributed by atoms with Gasteiger partial charge in [-0.25, -0.2) is 4.98 Å². The van der Waals surface area contributed by atoms with Crippen molar-refractivity contribution in [1.29, 1.82) is 0 Å². The Kier molecular flexibility index (Phi) is 4.52. The monoisotopic (exact) mass is 263 g/mol. The van der Waals surface area contributed by atoms with Gasteiger partial charge in [-0.15, -0.1) is 0 Å². The zero-order valence-electron chi connectivity index (χ0n) is 10.4. The van der Waals surface area contributed by atoms with Crippen molar-refractivity contribution in [1.82, 2.24) is 9.55 Å². The normalized spacial score (nSPS) is 12.3. The number of anilines is 2. The zero-order chi connectivity index (χ0) is 12.8. The molecule has 0 radical (unpaired) electrons. The molecule has 1 atom stereocenters. The maximum absolute atomic E-state index is 11.0. The van der Waals surface area contributed by atoms with Crippen LogP contribution < -0.4 is 5.32 Å². The summed E-state index contributed by atoms with van der Waals surface area (Å²) in [6.07, 6.45) is 6.33. The molecule has 0 aliphatic rings. The van der Waals surface area contributed by atoms with E-state index < -0.39 is 10.8 Å². The first-order valence-corrected chi connectivity index (χ1v) is 7.61. The van der Waals surface area contributed by atoms with Gasteiger partial charge in [-0.05, 0) is 18.6 Å². The average molecular weight is 263 g/mol. The molecule has 0 saturated carbocycles. The largest absolute Gasteiger partial charge is 0.326 e. The molecule has 0 fully saturated rings. The summed E-state index contributed by atoms with van der Waals surface area (Å²) in [7, 11) is -0.726. The summed E-state index contributed by atoms with van der Waals surface area (Å²) < 4.78 is 13.1. The van der Waals surface area contributed by atoms with Gasteiger partial charge in [-0.2, -0.15) is 0 Å². The minimum Gasteiger partial charge on any atom is -0.326 e. The van der Waals surface area contributed by atoms with Crippen molar-refractivity contribution in [2.45, 2.75) is 13.0 Å². The van der Waals surface area contributed by atoms with E-state index in [1.54, 1.807) is 12.5 Å². The van der Waals surface area contributed by atoms with Crippen LogP contribution in [-0.4, -0.2) is 25.8 Å². The molecule has 18 heavy (non-hydrogen) atoms. The number of rotatable bonds is 6. The molecule has 0 aliphatic carbocycles. The first kappa shape index (κ1) is 12.8. The summed E-state index contributed by atoms with van der Waals surface area (Å²) in [5.41, 5.74) is 1.02. The Hall–Kier alpha value is -1.62. The third-order valence-electron chi connectivity index (χ3n) is 2.58. The molecular formula is C13H17N3OS. The van der Waals surface area contributed by atoms with Crippen LogP contribution in [0.5, 0.6) is 0 Å². The third kappa shape index (κ3) is 3.70. The maximum Gasteiger partial charge on any atom is 0.207 e. The summed E-state index contributed by atoms with van der Waals surface area (Å²) in [5.74, 6) is 1.55. The second kappa shape index (κ2) is 6.35. The highest BCUT2D eigenvalue weighted by molar-refractivity contribution is 7.84. The molecule has 5 heteroatoms. The van der Waals surface area contributed by atoms with E-state index in [1.165, 1.54) is 0 Å². The topological polar surface area (TPSA) is 46.9 Å². The number of hydrogen-bond acceptors (Lipinski definition) is 3. The summed E-state index contributed by atoms with van der Waals surface area (Å²) in [6, 6.07) is 9.94. The van der Waals surface area contributed by atoms with E-state index in [-0.39, 0.29) is 0 Å². The molecule has 0 aliphatic heterocycles. The lowest BCUT2D eigenvalue weighted by Gasteiger charge is -2.09. The first-order valence-electron chi connectivity index (χ1n) is 5.89. The van der Waals surface area contributed by atoms with E-state index in [2.05, 4.69) is 10.3 Å². The van der Waals surface area contributed by atoms with E-state index in [9.17, 15) is 4.21 Å². The van der Waals surface area contributed by atoms with Crippen LogP contribution in [0.25, 0.3) is 0 Å². The molecule has 0 bridgehead atoms. The Morgan fingerprint density at radius 2 is 2.11 bits per heavy atom. The van der Waals surface area contributed by atoms with Crippen molar-refractivity contribution in [3.63, 3.8) is 0 Å². The number of aromatic nitrogens is 2. The fourth-order valence-electron chi connectivity index (χ4n) is 1.70. The van der Waals surface area contributed by atoms with E-state index in [4.69, 9.17) is 0 Å². The summed E-state index contributed by atoms with van der Waals surface area (Å²) in [5, 5.41) is 3.27. The van der Waals surface area contributed by atoms with Crippen LogP contribution in [0.1, 0.15) is 6.42 Å². The average Bonchev–Trinajstić information content (AvgIpc) is 2.78. The highest BCUT2D eigenvalue weighted by Crippen LogP contribution is 2.14. The molecule has 0 amide bonds. The lowest BCUT2D eigenvalue weighted by atomic mass is 10.3. The molecule has 0 spiro atoms. The van der Waals surface area contributed by atoms with E-state index in [1.807, 2.05) is 41.1 Å². The second-order valence-corrected chi connectivity index (χ2v) is 5.62. The zero-order valence-corrected chi connectivity index (χ0v) is 11.2. The van der Waals surface area contributed by atoms with Crippen LogP contribution in [0.15, 0.2) is 42.7 Å². The van der Waals surface area contributed by atoms with Crippen LogP contribution in [0.2, 0.25) is 0 Å². The van der Waals surface area contributed by atoms with Crippen molar-refractivity contribution < 1.29 is 4.21 Å². The molecule has 1 heterocycles. The smallest absolute Gasteiger partial charge is 0.207 e. The number of imidazole rings is 1. The van der Waals surface area contributed by atoms with Gasteiger partial charge in [0.25, 0.3) is 0 Å². The number of nitrogens with zero attached hydrogens (tertiary/aromatic N) is 2. The number of hydrogen-bond donors (Lipinski definition) is 1. The lowest BCUT2D eigenvalue weighted by Crippen LogP contribution is -2.06. The number of benzene rings is 1. The highest BCUT2D eigenvalue weighted by atomic mass is 32.2. The van der Waals surface area contributed by atoms with Crippen molar-refractivity contribution in [2.24, 2.45) is 0 Å². The Bertz CT molecular complexity index is 510. The molecule has 0 saturated heterocycles. The van der Waals surface area contributed by atoms with Gasteiger partial charge in [0.15, 0.2) is 0 Å². The standard InChI is InChI=1S/C13H17N3OS/c1-18(17)11-5-9-16-10-8-14-13(16)15-12-6-3-2-4-7-12/h2-4,6-8,10H,5,9,11H2,1H3,(H,14,15). The second-order valence-electron chi connectivity index (χ2n) is 4.07. The van der Waals surface area contributed by atoms with Crippen molar-refractivity contribution in [2.75, 3.05) is 17.3 Å². The molecule has 1 aromatic carbocycles. The summed E-state index contributed by atoms with van der Waals surface area (Å²) in [6.45, 7) is 0.828. The number of nitrogens with one attached hydrogen (secondary N) is 1. The first-order chi connectivity index (χ1) is 8.75. The summed E-state index contributed by atoms with van der Waals surface area (Å²) in [4.78, 5) is 4.29. The van der Waals surface area contributed by atoms with Crippen LogP contribution in [0.3, 0.4) is 0 Å². The van der Waals surface area contributed by atoms with E-state index >= 15 is 0 Å². The number of aryl methyl sites for hydroxylation is 1. The highest BCUT2D eigenvalue weighted by Gasteiger charge is 2.03. The Labute approximate surface area is 110 Å². The van der Waals surface area contributed by atoms with Crippen LogP contribution in [0, 0.1) is 0 Å². The van der Waals surface area contributed by atoms with Crippen LogP contribution in [0.4, 0.5) is 11.6 Å². The molecule has 1 unspecified atom stereocenters. The van der Waals surface area contributed by atoms with Crippen molar-refractivity contribution >= 4 is 22.4 Å². The minimum atomic E-state index is -0.726. The lowest BCUT2D eigenvalue weighted by molar-refractivity contribution is 0.664. The Morgan fingerprint density at radius 3 is 2.83 bits per heavy atom.